The topological polar surface area (TPSA) is 23.6 Å². The maximum absolute atomic E-state index is 12.8. The number of rotatable bonds is 4. The zero-order valence-corrected chi connectivity index (χ0v) is 15.3. The van der Waals surface area contributed by atoms with Gasteiger partial charge in [-0.05, 0) is 55.8 Å². The molecule has 0 aromatic heterocycles. The predicted octanol–water partition coefficient (Wildman–Crippen LogP) is 4.29. The fourth-order valence-corrected chi connectivity index (χ4v) is 4.33. The fraction of sp³-hybridized carbons (Fsp3) is 0.667. The Labute approximate surface area is 147 Å². The molecule has 1 aromatic rings. The third kappa shape index (κ3) is 4.00. The standard InChI is InChI=1S/C21H32N2O/c1-3-23-15-13-20(14-16-23)22(2)21(24)19-11-9-18(10-12-19)17-7-5-4-6-8-17/h9-12,17,20H,3-8,13-16H2,1-2H3. The van der Waals surface area contributed by atoms with E-state index >= 15 is 0 Å². The summed E-state index contributed by atoms with van der Waals surface area (Å²) in [5.41, 5.74) is 2.26. The molecule has 3 nitrogen and oxygen atoms in total. The zero-order chi connectivity index (χ0) is 16.9. The second-order valence-electron chi connectivity index (χ2n) is 7.54. The van der Waals surface area contributed by atoms with E-state index in [9.17, 15) is 4.79 Å². The summed E-state index contributed by atoms with van der Waals surface area (Å²) in [4.78, 5) is 17.2. The van der Waals surface area contributed by atoms with E-state index in [2.05, 4.69) is 24.0 Å². The minimum absolute atomic E-state index is 0.181. The quantitative estimate of drug-likeness (QED) is 0.823. The molecule has 1 heterocycles. The predicted molar refractivity (Wildman–Crippen MR) is 99.5 cm³/mol. The molecular formula is C21H32N2O. The van der Waals surface area contributed by atoms with Crippen molar-refractivity contribution >= 4 is 5.91 Å². The van der Waals surface area contributed by atoms with Crippen LogP contribution in [0, 0.1) is 0 Å². The first kappa shape index (κ1) is 17.5. The molecule has 1 aliphatic heterocycles. The Morgan fingerprint density at radius 3 is 2.25 bits per heavy atom. The van der Waals surface area contributed by atoms with Crippen molar-refractivity contribution in [3.8, 4) is 0 Å². The zero-order valence-electron chi connectivity index (χ0n) is 15.3. The SMILES string of the molecule is CCN1CCC(N(C)C(=O)c2ccc(C3CCCCC3)cc2)CC1. The summed E-state index contributed by atoms with van der Waals surface area (Å²) in [5.74, 6) is 0.888. The maximum Gasteiger partial charge on any atom is 0.253 e. The number of carbonyl (C=O) groups excluding carboxylic acids is 1. The average Bonchev–Trinajstić information content (AvgIpc) is 2.68. The second kappa shape index (κ2) is 8.15. The van der Waals surface area contributed by atoms with Crippen LogP contribution in [0.3, 0.4) is 0 Å². The number of piperidine rings is 1. The van der Waals surface area contributed by atoms with E-state index in [1.807, 2.05) is 24.1 Å². The Bertz CT molecular complexity index is 525. The van der Waals surface area contributed by atoms with Crippen molar-refractivity contribution in [2.24, 2.45) is 0 Å². The van der Waals surface area contributed by atoms with Gasteiger partial charge in [-0.1, -0.05) is 38.3 Å². The average molecular weight is 329 g/mol. The molecule has 1 saturated carbocycles. The van der Waals surface area contributed by atoms with Gasteiger partial charge in [-0.2, -0.15) is 0 Å². The van der Waals surface area contributed by atoms with Crippen molar-refractivity contribution in [3.05, 3.63) is 35.4 Å². The van der Waals surface area contributed by atoms with Gasteiger partial charge < -0.3 is 9.80 Å². The van der Waals surface area contributed by atoms with Gasteiger partial charge in [-0.15, -0.1) is 0 Å². The van der Waals surface area contributed by atoms with Gasteiger partial charge in [0.1, 0.15) is 0 Å². The van der Waals surface area contributed by atoms with E-state index in [0.29, 0.717) is 12.0 Å². The van der Waals surface area contributed by atoms with E-state index < -0.39 is 0 Å². The lowest BCUT2D eigenvalue weighted by Crippen LogP contribution is -2.45. The summed E-state index contributed by atoms with van der Waals surface area (Å²) in [7, 11) is 1.98. The third-order valence-corrected chi connectivity index (χ3v) is 6.11. The molecule has 132 valence electrons. The molecule has 1 amide bonds. The summed E-state index contributed by atoms with van der Waals surface area (Å²) < 4.78 is 0. The number of amides is 1. The first-order valence-electron chi connectivity index (χ1n) is 9.78. The lowest BCUT2D eigenvalue weighted by molar-refractivity contribution is 0.0647. The van der Waals surface area contributed by atoms with E-state index in [1.54, 1.807) is 0 Å². The van der Waals surface area contributed by atoms with Gasteiger partial charge in [0.25, 0.3) is 5.91 Å². The first-order valence-corrected chi connectivity index (χ1v) is 9.78. The van der Waals surface area contributed by atoms with Crippen LogP contribution < -0.4 is 0 Å². The van der Waals surface area contributed by atoms with Crippen LogP contribution in [0.15, 0.2) is 24.3 Å². The molecule has 2 aliphatic rings. The van der Waals surface area contributed by atoms with Crippen LogP contribution in [0.5, 0.6) is 0 Å². The molecule has 0 spiro atoms. The Morgan fingerprint density at radius 1 is 1.04 bits per heavy atom. The lowest BCUT2D eigenvalue weighted by atomic mass is 9.84. The molecule has 1 aromatic carbocycles. The van der Waals surface area contributed by atoms with Crippen molar-refractivity contribution in [2.75, 3.05) is 26.7 Å². The largest absolute Gasteiger partial charge is 0.339 e. The minimum atomic E-state index is 0.181. The van der Waals surface area contributed by atoms with Gasteiger partial charge >= 0.3 is 0 Å². The first-order chi connectivity index (χ1) is 11.7. The van der Waals surface area contributed by atoms with Gasteiger partial charge in [0.15, 0.2) is 0 Å². The molecule has 24 heavy (non-hydrogen) atoms. The van der Waals surface area contributed by atoms with Gasteiger partial charge in [0.2, 0.25) is 0 Å². The summed E-state index contributed by atoms with van der Waals surface area (Å²) in [6, 6.07) is 8.86. The number of nitrogens with zero attached hydrogens (tertiary/aromatic N) is 2. The van der Waals surface area contributed by atoms with E-state index in [4.69, 9.17) is 0 Å². The van der Waals surface area contributed by atoms with Crippen molar-refractivity contribution in [1.29, 1.82) is 0 Å². The Hall–Kier alpha value is -1.35. The number of carbonyl (C=O) groups is 1. The molecule has 2 fully saturated rings. The Kier molecular flexibility index (Phi) is 5.94. The highest BCUT2D eigenvalue weighted by atomic mass is 16.2. The molecule has 0 N–H and O–H groups in total. The molecule has 3 rings (SSSR count). The second-order valence-corrected chi connectivity index (χ2v) is 7.54. The fourth-order valence-electron chi connectivity index (χ4n) is 4.33. The van der Waals surface area contributed by atoms with Crippen LogP contribution in [0.4, 0.5) is 0 Å². The van der Waals surface area contributed by atoms with E-state index in [-0.39, 0.29) is 5.91 Å². The summed E-state index contributed by atoms with van der Waals surface area (Å²) in [6.07, 6.45) is 8.89. The van der Waals surface area contributed by atoms with Crippen molar-refractivity contribution in [1.82, 2.24) is 9.80 Å². The Balaban J connectivity index is 1.60. The normalized spacial score (nSPS) is 20.9. The van der Waals surface area contributed by atoms with Crippen molar-refractivity contribution in [2.45, 2.75) is 63.8 Å². The molecular weight excluding hydrogens is 296 g/mol. The number of hydrogen-bond acceptors (Lipinski definition) is 2. The van der Waals surface area contributed by atoms with Gasteiger partial charge in [0.05, 0.1) is 0 Å². The highest BCUT2D eigenvalue weighted by molar-refractivity contribution is 5.94. The number of likely N-dealkylation sites (tertiary alicyclic amines) is 1. The molecule has 0 radical (unpaired) electrons. The van der Waals surface area contributed by atoms with E-state index in [0.717, 1.165) is 38.0 Å². The van der Waals surface area contributed by atoms with Crippen LogP contribution in [0.1, 0.15) is 73.7 Å². The molecule has 0 bridgehead atoms. The molecule has 3 heteroatoms. The molecule has 1 saturated heterocycles. The number of hydrogen-bond donors (Lipinski definition) is 0. The van der Waals surface area contributed by atoms with Crippen LogP contribution in [0.2, 0.25) is 0 Å². The van der Waals surface area contributed by atoms with Gasteiger partial charge in [-0.3, -0.25) is 4.79 Å². The molecule has 0 atom stereocenters. The highest BCUT2D eigenvalue weighted by Crippen LogP contribution is 2.32. The van der Waals surface area contributed by atoms with Crippen LogP contribution in [-0.4, -0.2) is 48.4 Å². The van der Waals surface area contributed by atoms with Crippen molar-refractivity contribution in [3.63, 3.8) is 0 Å². The molecule has 1 aliphatic carbocycles. The molecule has 0 unspecified atom stereocenters. The summed E-state index contributed by atoms with van der Waals surface area (Å²) >= 11 is 0. The van der Waals surface area contributed by atoms with Crippen LogP contribution >= 0.6 is 0 Å². The monoisotopic (exact) mass is 328 g/mol. The summed E-state index contributed by atoms with van der Waals surface area (Å²) in [6.45, 7) is 5.55. The Morgan fingerprint density at radius 2 is 1.67 bits per heavy atom. The number of benzene rings is 1. The highest BCUT2D eigenvalue weighted by Gasteiger charge is 2.25. The van der Waals surface area contributed by atoms with E-state index in [1.165, 1.54) is 37.7 Å². The lowest BCUT2D eigenvalue weighted by Gasteiger charge is -2.36. The minimum Gasteiger partial charge on any atom is -0.339 e. The third-order valence-electron chi connectivity index (χ3n) is 6.11. The van der Waals surface area contributed by atoms with Gasteiger partial charge in [0, 0.05) is 31.7 Å². The summed E-state index contributed by atoms with van der Waals surface area (Å²) in [5, 5.41) is 0. The smallest absolute Gasteiger partial charge is 0.253 e. The maximum atomic E-state index is 12.8. The van der Waals surface area contributed by atoms with Crippen molar-refractivity contribution < 1.29 is 4.79 Å². The van der Waals surface area contributed by atoms with Crippen LogP contribution in [0.25, 0.3) is 0 Å². The van der Waals surface area contributed by atoms with Crippen LogP contribution in [-0.2, 0) is 0 Å². The van der Waals surface area contributed by atoms with Gasteiger partial charge in [-0.25, -0.2) is 0 Å².